The van der Waals surface area contributed by atoms with Crippen molar-refractivity contribution in [1.82, 2.24) is 0 Å². The molecular weight excluding hydrogens is 326 g/mol. The second-order valence-corrected chi connectivity index (χ2v) is 5.53. The summed E-state index contributed by atoms with van der Waals surface area (Å²) in [6.45, 7) is 4.43. The number of benzene rings is 2. The number of methoxy groups -OCH3 is 1. The minimum absolute atomic E-state index is 0.246. The van der Waals surface area contributed by atoms with E-state index in [0.29, 0.717) is 23.1 Å². The Morgan fingerprint density at radius 2 is 1.96 bits per heavy atom. The third-order valence-corrected chi connectivity index (χ3v) is 3.76. The molecule has 0 aromatic heterocycles. The van der Waals surface area contributed by atoms with Crippen LogP contribution in [0, 0.1) is 6.92 Å². The first-order chi connectivity index (χ1) is 11.5. The Morgan fingerprint density at radius 1 is 1.25 bits per heavy atom. The van der Waals surface area contributed by atoms with Gasteiger partial charge in [-0.25, -0.2) is 0 Å². The quantitative estimate of drug-likeness (QED) is 0.771. The summed E-state index contributed by atoms with van der Waals surface area (Å²) in [5.41, 5.74) is 2.36. The molecule has 5 heteroatoms. The molecule has 2 rings (SSSR count). The smallest absolute Gasteiger partial charge is 0.248 e. The maximum atomic E-state index is 12.1. The minimum atomic E-state index is -0.246. The van der Waals surface area contributed by atoms with Crippen LogP contribution in [0.1, 0.15) is 18.1 Å². The average Bonchev–Trinajstić information content (AvgIpc) is 2.57. The lowest BCUT2D eigenvalue weighted by Crippen LogP contribution is -2.09. The van der Waals surface area contributed by atoms with E-state index in [1.54, 1.807) is 18.2 Å². The number of hydrogen-bond donors (Lipinski definition) is 1. The average molecular weight is 346 g/mol. The Kier molecular flexibility index (Phi) is 6.27. The minimum Gasteiger partial charge on any atom is -0.495 e. The second kappa shape index (κ2) is 8.41. The van der Waals surface area contributed by atoms with Crippen molar-refractivity contribution in [1.29, 1.82) is 0 Å². The molecule has 0 fully saturated rings. The van der Waals surface area contributed by atoms with E-state index in [1.165, 1.54) is 13.2 Å². The Balaban J connectivity index is 2.06. The van der Waals surface area contributed by atoms with Gasteiger partial charge in [-0.05, 0) is 49.2 Å². The molecule has 0 atom stereocenters. The van der Waals surface area contributed by atoms with Crippen LogP contribution >= 0.6 is 11.6 Å². The number of carbonyl (C=O) groups is 1. The van der Waals surface area contributed by atoms with Gasteiger partial charge in [0.15, 0.2) is 0 Å². The van der Waals surface area contributed by atoms with E-state index in [2.05, 4.69) is 5.32 Å². The summed E-state index contributed by atoms with van der Waals surface area (Å²) in [5, 5.41) is 3.39. The zero-order valence-electron chi connectivity index (χ0n) is 13.9. The second-order valence-electron chi connectivity index (χ2n) is 5.13. The van der Waals surface area contributed by atoms with E-state index in [1.807, 2.05) is 38.1 Å². The van der Waals surface area contributed by atoms with Crippen LogP contribution in [-0.4, -0.2) is 19.6 Å². The van der Waals surface area contributed by atoms with Crippen molar-refractivity contribution in [2.24, 2.45) is 0 Å². The first-order valence-corrected chi connectivity index (χ1v) is 7.97. The molecule has 0 saturated heterocycles. The van der Waals surface area contributed by atoms with E-state index in [9.17, 15) is 4.79 Å². The molecule has 0 spiro atoms. The van der Waals surface area contributed by atoms with Crippen LogP contribution < -0.4 is 14.8 Å². The van der Waals surface area contributed by atoms with E-state index in [0.717, 1.165) is 16.9 Å². The lowest BCUT2D eigenvalue weighted by atomic mass is 10.2. The van der Waals surface area contributed by atoms with Crippen LogP contribution in [-0.2, 0) is 4.79 Å². The van der Waals surface area contributed by atoms with Gasteiger partial charge >= 0.3 is 0 Å². The molecule has 0 aliphatic heterocycles. The first kappa shape index (κ1) is 17.9. The number of ether oxygens (including phenoxy) is 2. The Morgan fingerprint density at radius 3 is 2.58 bits per heavy atom. The third kappa shape index (κ3) is 4.77. The van der Waals surface area contributed by atoms with Crippen molar-refractivity contribution in [3.63, 3.8) is 0 Å². The van der Waals surface area contributed by atoms with Crippen molar-refractivity contribution in [2.75, 3.05) is 19.0 Å². The van der Waals surface area contributed by atoms with Gasteiger partial charge in [-0.3, -0.25) is 4.79 Å². The Labute approximate surface area is 147 Å². The van der Waals surface area contributed by atoms with Crippen LogP contribution in [0.4, 0.5) is 5.69 Å². The highest BCUT2D eigenvalue weighted by molar-refractivity contribution is 6.31. The third-order valence-electron chi connectivity index (χ3n) is 3.36. The van der Waals surface area contributed by atoms with Crippen LogP contribution in [0.5, 0.6) is 11.5 Å². The van der Waals surface area contributed by atoms with Gasteiger partial charge in [0.1, 0.15) is 11.5 Å². The van der Waals surface area contributed by atoms with Crippen LogP contribution in [0.25, 0.3) is 6.08 Å². The van der Waals surface area contributed by atoms with Crippen LogP contribution in [0.15, 0.2) is 42.5 Å². The number of halogens is 1. The van der Waals surface area contributed by atoms with Crippen molar-refractivity contribution >= 4 is 29.3 Å². The Bertz CT molecular complexity index is 739. The van der Waals surface area contributed by atoms with E-state index < -0.39 is 0 Å². The molecular formula is C19H20ClNO3. The lowest BCUT2D eigenvalue weighted by Gasteiger charge is -2.11. The zero-order valence-corrected chi connectivity index (χ0v) is 14.7. The fourth-order valence-electron chi connectivity index (χ4n) is 2.12. The van der Waals surface area contributed by atoms with Crippen molar-refractivity contribution in [2.45, 2.75) is 13.8 Å². The van der Waals surface area contributed by atoms with Crippen LogP contribution in [0.3, 0.4) is 0 Å². The molecule has 0 aliphatic rings. The number of hydrogen-bond acceptors (Lipinski definition) is 3. The maximum Gasteiger partial charge on any atom is 0.248 e. The summed E-state index contributed by atoms with van der Waals surface area (Å²) in [6, 6.07) is 11.0. The number of amides is 1. The molecule has 0 saturated carbocycles. The molecule has 0 bridgehead atoms. The molecule has 4 nitrogen and oxygen atoms in total. The van der Waals surface area contributed by atoms with E-state index in [4.69, 9.17) is 21.1 Å². The topological polar surface area (TPSA) is 47.6 Å². The monoisotopic (exact) mass is 345 g/mol. The highest BCUT2D eigenvalue weighted by atomic mass is 35.5. The Hall–Kier alpha value is -2.46. The van der Waals surface area contributed by atoms with E-state index >= 15 is 0 Å². The molecule has 24 heavy (non-hydrogen) atoms. The number of anilines is 1. The largest absolute Gasteiger partial charge is 0.495 e. The van der Waals surface area contributed by atoms with Gasteiger partial charge in [0.25, 0.3) is 0 Å². The zero-order chi connectivity index (χ0) is 17.5. The van der Waals surface area contributed by atoms with Gasteiger partial charge in [-0.15, -0.1) is 0 Å². The van der Waals surface area contributed by atoms with Gasteiger partial charge in [-0.1, -0.05) is 23.7 Å². The molecule has 1 amide bonds. The van der Waals surface area contributed by atoms with Gasteiger partial charge in [0, 0.05) is 17.2 Å². The van der Waals surface area contributed by atoms with Gasteiger partial charge < -0.3 is 14.8 Å². The summed E-state index contributed by atoms with van der Waals surface area (Å²) >= 11 is 6.06. The molecule has 0 radical (unpaired) electrons. The molecule has 0 heterocycles. The molecule has 0 unspecified atom stereocenters. The normalized spacial score (nSPS) is 10.7. The van der Waals surface area contributed by atoms with Gasteiger partial charge in [-0.2, -0.15) is 0 Å². The number of carbonyl (C=O) groups excluding carboxylic acids is 1. The molecule has 0 aliphatic carbocycles. The summed E-state index contributed by atoms with van der Waals surface area (Å²) in [7, 11) is 1.53. The predicted molar refractivity (Wildman–Crippen MR) is 98.0 cm³/mol. The van der Waals surface area contributed by atoms with Gasteiger partial charge in [0.05, 0.1) is 19.4 Å². The highest BCUT2D eigenvalue weighted by Crippen LogP contribution is 2.30. The molecule has 1 N–H and O–H groups in total. The fraction of sp³-hybridized carbons (Fsp3) is 0.211. The number of nitrogens with one attached hydrogen (secondary N) is 1. The van der Waals surface area contributed by atoms with Crippen molar-refractivity contribution in [3.8, 4) is 11.5 Å². The number of rotatable bonds is 6. The summed E-state index contributed by atoms with van der Waals surface area (Å²) < 4.78 is 10.6. The first-order valence-electron chi connectivity index (χ1n) is 7.59. The lowest BCUT2D eigenvalue weighted by molar-refractivity contribution is -0.111. The highest BCUT2D eigenvalue weighted by Gasteiger charge is 2.08. The molecule has 2 aromatic rings. The fourth-order valence-corrected chi connectivity index (χ4v) is 2.27. The standard InChI is InChI=1S/C19H20ClNO3/c1-4-24-15-8-5-14(6-9-15)7-10-19(22)21-17-11-13(2)16(20)12-18(17)23-3/h5-12H,4H2,1-3H3,(H,21,22)/b10-7+. The van der Waals surface area contributed by atoms with Gasteiger partial charge in [0.2, 0.25) is 5.91 Å². The summed E-state index contributed by atoms with van der Waals surface area (Å²) in [4.78, 5) is 12.1. The predicted octanol–water partition coefficient (Wildman–Crippen LogP) is 4.71. The van der Waals surface area contributed by atoms with Crippen LogP contribution in [0.2, 0.25) is 5.02 Å². The van der Waals surface area contributed by atoms with E-state index in [-0.39, 0.29) is 5.91 Å². The molecule has 126 valence electrons. The summed E-state index contributed by atoms with van der Waals surface area (Å²) in [6.07, 6.45) is 3.21. The SMILES string of the molecule is CCOc1ccc(/C=C/C(=O)Nc2cc(C)c(Cl)cc2OC)cc1. The summed E-state index contributed by atoms with van der Waals surface area (Å²) in [5.74, 6) is 1.08. The number of aryl methyl sites for hydroxylation is 1. The molecule has 2 aromatic carbocycles. The van der Waals surface area contributed by atoms with Crippen molar-refractivity contribution in [3.05, 3.63) is 58.6 Å². The van der Waals surface area contributed by atoms with Crippen molar-refractivity contribution < 1.29 is 14.3 Å². The maximum absolute atomic E-state index is 12.1.